The molecule has 1 heterocycles. The largest absolute Gasteiger partial charge is 0.327 e. The molecular formula is C14H20FN3O2. The first-order chi connectivity index (χ1) is 9.49. The summed E-state index contributed by atoms with van der Waals surface area (Å²) in [5.41, 5.74) is 6.38. The number of nitrogens with zero attached hydrogens (tertiary/aromatic N) is 2. The van der Waals surface area contributed by atoms with Gasteiger partial charge in [0.1, 0.15) is 5.82 Å². The van der Waals surface area contributed by atoms with Gasteiger partial charge in [0.2, 0.25) is 0 Å². The summed E-state index contributed by atoms with van der Waals surface area (Å²) >= 11 is 0. The molecule has 1 fully saturated rings. The molecule has 2 unspecified atom stereocenters. The van der Waals surface area contributed by atoms with Gasteiger partial charge in [0.25, 0.3) is 5.69 Å². The number of nitro benzene ring substituents is 1. The van der Waals surface area contributed by atoms with Crippen LogP contribution in [0.4, 0.5) is 10.1 Å². The molecule has 2 rings (SSSR count). The van der Waals surface area contributed by atoms with Crippen LogP contribution in [0, 0.1) is 15.9 Å². The third-order valence-electron chi connectivity index (χ3n) is 3.88. The van der Waals surface area contributed by atoms with E-state index in [1.165, 1.54) is 12.1 Å². The summed E-state index contributed by atoms with van der Waals surface area (Å²) in [7, 11) is 0. The number of rotatable bonds is 4. The van der Waals surface area contributed by atoms with Crippen molar-refractivity contribution in [1.29, 1.82) is 0 Å². The van der Waals surface area contributed by atoms with E-state index >= 15 is 0 Å². The molecule has 1 saturated heterocycles. The van der Waals surface area contributed by atoms with Gasteiger partial charge in [-0.15, -0.1) is 0 Å². The lowest BCUT2D eigenvalue weighted by Crippen LogP contribution is -2.48. The van der Waals surface area contributed by atoms with E-state index in [2.05, 4.69) is 4.90 Å². The van der Waals surface area contributed by atoms with E-state index in [1.54, 1.807) is 0 Å². The van der Waals surface area contributed by atoms with Crippen molar-refractivity contribution in [3.05, 3.63) is 39.7 Å². The Labute approximate surface area is 117 Å². The lowest BCUT2D eigenvalue weighted by Gasteiger charge is -2.37. The average Bonchev–Trinajstić information content (AvgIpc) is 2.38. The standard InChI is InChI=1S/C14H20FN3O2/c1-10(16)13-4-2-3-7-17(13)9-11-8-12(15)5-6-14(11)18(19)20/h5-6,8,10,13H,2-4,7,9,16H2,1H3. The van der Waals surface area contributed by atoms with Gasteiger partial charge in [0, 0.05) is 30.3 Å². The number of benzene rings is 1. The van der Waals surface area contributed by atoms with Crippen molar-refractivity contribution < 1.29 is 9.31 Å². The molecule has 1 aromatic carbocycles. The van der Waals surface area contributed by atoms with E-state index in [9.17, 15) is 14.5 Å². The van der Waals surface area contributed by atoms with Crippen LogP contribution >= 0.6 is 0 Å². The fourth-order valence-electron chi connectivity index (χ4n) is 2.89. The van der Waals surface area contributed by atoms with Crippen molar-refractivity contribution in [3.63, 3.8) is 0 Å². The third kappa shape index (κ3) is 3.32. The molecule has 1 aromatic rings. The molecule has 0 spiro atoms. The minimum atomic E-state index is -0.459. The molecule has 5 nitrogen and oxygen atoms in total. The molecule has 0 amide bonds. The van der Waals surface area contributed by atoms with E-state index in [0.29, 0.717) is 12.1 Å². The van der Waals surface area contributed by atoms with Crippen LogP contribution in [0.5, 0.6) is 0 Å². The van der Waals surface area contributed by atoms with Crippen LogP contribution in [0.25, 0.3) is 0 Å². The smallest absolute Gasteiger partial charge is 0.274 e. The Morgan fingerprint density at radius 1 is 1.55 bits per heavy atom. The molecule has 0 bridgehead atoms. The van der Waals surface area contributed by atoms with Crippen LogP contribution in [-0.4, -0.2) is 28.5 Å². The Bertz CT molecular complexity index is 493. The van der Waals surface area contributed by atoms with Crippen molar-refractivity contribution in [2.45, 2.75) is 44.8 Å². The van der Waals surface area contributed by atoms with E-state index in [0.717, 1.165) is 31.9 Å². The zero-order valence-corrected chi connectivity index (χ0v) is 11.6. The Hall–Kier alpha value is -1.53. The fourth-order valence-corrected chi connectivity index (χ4v) is 2.89. The van der Waals surface area contributed by atoms with Crippen LogP contribution in [0.2, 0.25) is 0 Å². The van der Waals surface area contributed by atoms with Crippen LogP contribution in [0.15, 0.2) is 18.2 Å². The predicted molar refractivity (Wildman–Crippen MR) is 74.8 cm³/mol. The number of likely N-dealkylation sites (tertiary alicyclic amines) is 1. The highest BCUT2D eigenvalue weighted by Crippen LogP contribution is 2.26. The maximum atomic E-state index is 13.4. The molecule has 6 heteroatoms. The summed E-state index contributed by atoms with van der Waals surface area (Å²) in [6, 6.07) is 3.82. The van der Waals surface area contributed by atoms with Crippen molar-refractivity contribution in [2.75, 3.05) is 6.54 Å². The lowest BCUT2D eigenvalue weighted by molar-refractivity contribution is -0.385. The fraction of sp³-hybridized carbons (Fsp3) is 0.571. The molecular weight excluding hydrogens is 261 g/mol. The Balaban J connectivity index is 2.23. The van der Waals surface area contributed by atoms with Crippen molar-refractivity contribution in [1.82, 2.24) is 4.90 Å². The molecule has 0 aromatic heterocycles. The molecule has 2 N–H and O–H groups in total. The second-order valence-corrected chi connectivity index (χ2v) is 5.42. The van der Waals surface area contributed by atoms with Crippen LogP contribution in [0.1, 0.15) is 31.7 Å². The number of nitro groups is 1. The molecule has 0 aliphatic carbocycles. The third-order valence-corrected chi connectivity index (χ3v) is 3.88. The van der Waals surface area contributed by atoms with Gasteiger partial charge < -0.3 is 5.73 Å². The maximum absolute atomic E-state index is 13.4. The molecule has 0 saturated carbocycles. The first kappa shape index (κ1) is 14.9. The number of halogens is 1. The summed E-state index contributed by atoms with van der Waals surface area (Å²) in [5.74, 6) is -0.444. The average molecular weight is 281 g/mol. The summed E-state index contributed by atoms with van der Waals surface area (Å²) in [4.78, 5) is 12.7. The minimum absolute atomic E-state index is 0.00270. The van der Waals surface area contributed by atoms with Gasteiger partial charge in [-0.25, -0.2) is 4.39 Å². The van der Waals surface area contributed by atoms with Gasteiger partial charge in [-0.3, -0.25) is 15.0 Å². The zero-order valence-electron chi connectivity index (χ0n) is 11.6. The molecule has 110 valence electrons. The predicted octanol–water partition coefficient (Wildman–Crippen LogP) is 2.44. The summed E-state index contributed by atoms with van der Waals surface area (Å²) < 4.78 is 13.4. The van der Waals surface area contributed by atoms with Crippen LogP contribution in [0.3, 0.4) is 0 Å². The van der Waals surface area contributed by atoms with Crippen molar-refractivity contribution >= 4 is 5.69 Å². The second-order valence-electron chi connectivity index (χ2n) is 5.42. The maximum Gasteiger partial charge on any atom is 0.274 e. The molecule has 0 radical (unpaired) electrons. The Morgan fingerprint density at radius 2 is 2.30 bits per heavy atom. The molecule has 1 aliphatic heterocycles. The van der Waals surface area contributed by atoms with Gasteiger partial charge in [0.15, 0.2) is 0 Å². The van der Waals surface area contributed by atoms with Gasteiger partial charge in [-0.2, -0.15) is 0 Å². The Morgan fingerprint density at radius 3 is 2.95 bits per heavy atom. The number of piperidine rings is 1. The topological polar surface area (TPSA) is 72.4 Å². The van der Waals surface area contributed by atoms with Gasteiger partial charge in [-0.1, -0.05) is 6.42 Å². The highest BCUT2D eigenvalue weighted by molar-refractivity contribution is 5.40. The van der Waals surface area contributed by atoms with E-state index in [-0.39, 0.29) is 17.8 Å². The van der Waals surface area contributed by atoms with Gasteiger partial charge >= 0.3 is 0 Å². The van der Waals surface area contributed by atoms with E-state index < -0.39 is 10.7 Å². The van der Waals surface area contributed by atoms with Crippen molar-refractivity contribution in [2.24, 2.45) is 5.73 Å². The van der Waals surface area contributed by atoms with Crippen LogP contribution in [-0.2, 0) is 6.54 Å². The number of hydrogen-bond acceptors (Lipinski definition) is 4. The SMILES string of the molecule is CC(N)C1CCCCN1Cc1cc(F)ccc1[N+](=O)[O-]. The van der Waals surface area contributed by atoms with Crippen molar-refractivity contribution in [3.8, 4) is 0 Å². The summed E-state index contributed by atoms with van der Waals surface area (Å²) in [6.07, 6.45) is 3.15. The normalized spacial score (nSPS) is 21.6. The molecule has 2 atom stereocenters. The summed E-state index contributed by atoms with van der Waals surface area (Å²) in [6.45, 7) is 3.17. The monoisotopic (exact) mass is 281 g/mol. The highest BCUT2D eigenvalue weighted by Gasteiger charge is 2.27. The number of nitrogens with two attached hydrogens (primary N) is 1. The number of hydrogen-bond donors (Lipinski definition) is 1. The quantitative estimate of drug-likeness (QED) is 0.679. The lowest BCUT2D eigenvalue weighted by atomic mass is 9.96. The first-order valence-electron chi connectivity index (χ1n) is 6.91. The summed E-state index contributed by atoms with van der Waals surface area (Å²) in [5, 5.41) is 11.0. The zero-order chi connectivity index (χ0) is 14.7. The Kier molecular flexibility index (Phi) is 4.67. The van der Waals surface area contributed by atoms with Gasteiger partial charge in [-0.05, 0) is 38.4 Å². The van der Waals surface area contributed by atoms with Gasteiger partial charge in [0.05, 0.1) is 4.92 Å². The van der Waals surface area contributed by atoms with E-state index in [1.807, 2.05) is 6.92 Å². The minimum Gasteiger partial charge on any atom is -0.327 e. The molecule has 1 aliphatic rings. The van der Waals surface area contributed by atoms with Crippen LogP contribution < -0.4 is 5.73 Å². The first-order valence-corrected chi connectivity index (χ1v) is 6.91. The highest BCUT2D eigenvalue weighted by atomic mass is 19.1. The molecule has 20 heavy (non-hydrogen) atoms. The second kappa shape index (κ2) is 6.28. The van der Waals surface area contributed by atoms with E-state index in [4.69, 9.17) is 5.73 Å².